The van der Waals surface area contributed by atoms with E-state index < -0.39 is 0 Å². The summed E-state index contributed by atoms with van der Waals surface area (Å²) < 4.78 is 0. The molecule has 0 aromatic heterocycles. The van der Waals surface area contributed by atoms with Crippen molar-refractivity contribution in [1.82, 2.24) is 14.7 Å². The van der Waals surface area contributed by atoms with Crippen LogP contribution in [-0.4, -0.2) is 78.9 Å². The zero-order valence-corrected chi connectivity index (χ0v) is 16.9. The van der Waals surface area contributed by atoms with Gasteiger partial charge in [-0.05, 0) is 31.2 Å². The SMILES string of the molecule is NCC(=O)N1CCCCC1.NCC(=O)N1CCCN(Cc2ccccc2)CC1. The van der Waals surface area contributed by atoms with Gasteiger partial charge in [0.1, 0.15) is 0 Å². The number of nitrogens with two attached hydrogens (primary N) is 2. The first kappa shape index (κ1) is 22.3. The number of rotatable bonds is 4. The Morgan fingerprint density at radius 2 is 1.29 bits per heavy atom. The lowest BCUT2D eigenvalue weighted by molar-refractivity contribution is -0.130. The fourth-order valence-electron chi connectivity index (χ4n) is 3.62. The van der Waals surface area contributed by atoms with E-state index in [4.69, 9.17) is 11.5 Å². The van der Waals surface area contributed by atoms with Gasteiger partial charge in [-0.15, -0.1) is 0 Å². The molecule has 1 aromatic carbocycles. The van der Waals surface area contributed by atoms with Crippen molar-refractivity contribution >= 4 is 11.8 Å². The van der Waals surface area contributed by atoms with Crippen LogP contribution in [0, 0.1) is 0 Å². The van der Waals surface area contributed by atoms with Gasteiger partial charge in [-0.3, -0.25) is 14.5 Å². The Morgan fingerprint density at radius 3 is 1.89 bits per heavy atom. The Hall–Kier alpha value is -1.96. The molecule has 2 amide bonds. The molecule has 0 atom stereocenters. The number of carbonyl (C=O) groups is 2. The number of amides is 2. The summed E-state index contributed by atoms with van der Waals surface area (Å²) in [5.74, 6) is 0.163. The molecule has 0 bridgehead atoms. The number of hydrogen-bond donors (Lipinski definition) is 2. The van der Waals surface area contributed by atoms with Gasteiger partial charge in [-0.25, -0.2) is 0 Å². The van der Waals surface area contributed by atoms with Crippen molar-refractivity contribution in [2.24, 2.45) is 11.5 Å². The summed E-state index contributed by atoms with van der Waals surface area (Å²) >= 11 is 0. The molecule has 0 radical (unpaired) electrons. The third-order valence-corrected chi connectivity index (χ3v) is 5.25. The lowest BCUT2D eigenvalue weighted by atomic mass is 10.1. The molecule has 2 aliphatic rings. The molecule has 2 aliphatic heterocycles. The maximum atomic E-state index is 11.6. The van der Waals surface area contributed by atoms with Gasteiger partial charge in [-0.1, -0.05) is 30.3 Å². The molecule has 0 spiro atoms. The van der Waals surface area contributed by atoms with Crippen molar-refractivity contribution in [3.8, 4) is 0 Å². The number of benzene rings is 1. The van der Waals surface area contributed by atoms with E-state index in [0.29, 0.717) is 0 Å². The molecule has 4 N–H and O–H groups in total. The summed E-state index contributed by atoms with van der Waals surface area (Å²) in [4.78, 5) is 28.7. The van der Waals surface area contributed by atoms with Crippen molar-refractivity contribution in [3.05, 3.63) is 35.9 Å². The fourth-order valence-corrected chi connectivity index (χ4v) is 3.62. The number of likely N-dealkylation sites (tertiary alicyclic amines) is 1. The summed E-state index contributed by atoms with van der Waals surface area (Å²) in [5.41, 5.74) is 11.9. The van der Waals surface area contributed by atoms with E-state index in [2.05, 4.69) is 29.2 Å². The van der Waals surface area contributed by atoms with Crippen LogP contribution < -0.4 is 11.5 Å². The van der Waals surface area contributed by atoms with Crippen LogP contribution in [-0.2, 0) is 16.1 Å². The Bertz CT molecular complexity index is 590. The average Bonchev–Trinajstić information content (AvgIpc) is 3.00. The zero-order chi connectivity index (χ0) is 20.2. The molecule has 1 aromatic rings. The minimum atomic E-state index is 0.0663. The molecule has 2 heterocycles. The third-order valence-electron chi connectivity index (χ3n) is 5.25. The van der Waals surface area contributed by atoms with Crippen molar-refractivity contribution < 1.29 is 9.59 Å². The molecule has 0 unspecified atom stereocenters. The fraction of sp³-hybridized carbons (Fsp3) is 0.619. The standard InChI is InChI=1S/C14H21N3O.C7H14N2O/c15-11-14(18)17-8-4-7-16(9-10-17)12-13-5-2-1-3-6-13;8-6-7(10)9-4-2-1-3-5-9/h1-3,5-6H,4,7-12,15H2;1-6,8H2. The lowest BCUT2D eigenvalue weighted by Gasteiger charge is -2.25. The van der Waals surface area contributed by atoms with Crippen molar-refractivity contribution in [3.63, 3.8) is 0 Å². The number of nitrogens with zero attached hydrogens (tertiary/aromatic N) is 3. The maximum Gasteiger partial charge on any atom is 0.236 e. The van der Waals surface area contributed by atoms with Gasteiger partial charge in [0.2, 0.25) is 11.8 Å². The highest BCUT2D eigenvalue weighted by Gasteiger charge is 2.18. The highest BCUT2D eigenvalue weighted by molar-refractivity contribution is 5.78. The normalized spacial score (nSPS) is 18.1. The molecule has 2 fully saturated rings. The zero-order valence-electron chi connectivity index (χ0n) is 16.9. The summed E-state index contributed by atoms with van der Waals surface area (Å²) in [5, 5.41) is 0. The van der Waals surface area contributed by atoms with Crippen molar-refractivity contribution in [1.29, 1.82) is 0 Å². The Balaban J connectivity index is 0.000000237. The van der Waals surface area contributed by atoms with E-state index in [0.717, 1.165) is 65.1 Å². The van der Waals surface area contributed by atoms with Crippen LogP contribution >= 0.6 is 0 Å². The van der Waals surface area contributed by atoms with Crippen LogP contribution in [0.25, 0.3) is 0 Å². The van der Waals surface area contributed by atoms with Gasteiger partial charge in [0.15, 0.2) is 0 Å². The highest BCUT2D eigenvalue weighted by atomic mass is 16.2. The van der Waals surface area contributed by atoms with Gasteiger partial charge in [0.05, 0.1) is 13.1 Å². The van der Waals surface area contributed by atoms with Crippen LogP contribution in [0.4, 0.5) is 0 Å². The van der Waals surface area contributed by atoms with Gasteiger partial charge >= 0.3 is 0 Å². The lowest BCUT2D eigenvalue weighted by Crippen LogP contribution is -2.39. The smallest absolute Gasteiger partial charge is 0.236 e. The van der Waals surface area contributed by atoms with Crippen molar-refractivity contribution in [2.75, 3.05) is 52.4 Å². The molecule has 0 aliphatic carbocycles. The Morgan fingerprint density at radius 1 is 0.714 bits per heavy atom. The summed E-state index contributed by atoms with van der Waals surface area (Å²) in [7, 11) is 0. The van der Waals surface area contributed by atoms with Crippen LogP contribution in [0.15, 0.2) is 30.3 Å². The number of hydrogen-bond acceptors (Lipinski definition) is 5. The quantitative estimate of drug-likeness (QED) is 0.788. The van der Waals surface area contributed by atoms with Gasteiger partial charge < -0.3 is 21.3 Å². The molecule has 7 heteroatoms. The van der Waals surface area contributed by atoms with E-state index in [1.807, 2.05) is 15.9 Å². The van der Waals surface area contributed by atoms with Crippen molar-refractivity contribution in [2.45, 2.75) is 32.2 Å². The maximum absolute atomic E-state index is 11.6. The second-order valence-corrected chi connectivity index (χ2v) is 7.35. The number of carbonyl (C=O) groups excluding carboxylic acids is 2. The predicted octanol–water partition coefficient (Wildman–Crippen LogP) is 0.637. The molecule has 156 valence electrons. The monoisotopic (exact) mass is 389 g/mol. The molecule has 3 rings (SSSR count). The molecule has 7 nitrogen and oxygen atoms in total. The Kier molecular flexibility index (Phi) is 9.96. The van der Waals surface area contributed by atoms with E-state index in [-0.39, 0.29) is 24.9 Å². The second-order valence-electron chi connectivity index (χ2n) is 7.35. The summed E-state index contributed by atoms with van der Waals surface area (Å²) in [6, 6.07) is 10.5. The van der Waals surface area contributed by atoms with Crippen LogP contribution in [0.5, 0.6) is 0 Å². The number of piperidine rings is 1. The summed E-state index contributed by atoms with van der Waals surface area (Å²) in [6.07, 6.45) is 4.57. The highest BCUT2D eigenvalue weighted by Crippen LogP contribution is 2.09. The minimum Gasteiger partial charge on any atom is -0.342 e. The minimum absolute atomic E-state index is 0.0663. The van der Waals surface area contributed by atoms with E-state index >= 15 is 0 Å². The first-order valence-corrected chi connectivity index (χ1v) is 10.4. The van der Waals surface area contributed by atoms with Crippen LogP contribution in [0.1, 0.15) is 31.2 Å². The van der Waals surface area contributed by atoms with Crippen LogP contribution in [0.2, 0.25) is 0 Å². The first-order chi connectivity index (χ1) is 13.6. The van der Waals surface area contributed by atoms with E-state index in [9.17, 15) is 9.59 Å². The second kappa shape index (κ2) is 12.5. The van der Waals surface area contributed by atoms with E-state index in [1.54, 1.807) is 0 Å². The molecule has 2 saturated heterocycles. The van der Waals surface area contributed by atoms with Gasteiger partial charge in [0, 0.05) is 45.8 Å². The van der Waals surface area contributed by atoms with Gasteiger partial charge in [0.25, 0.3) is 0 Å². The van der Waals surface area contributed by atoms with E-state index in [1.165, 1.54) is 12.0 Å². The third kappa shape index (κ3) is 7.58. The first-order valence-electron chi connectivity index (χ1n) is 10.4. The van der Waals surface area contributed by atoms with Crippen LogP contribution in [0.3, 0.4) is 0 Å². The largest absolute Gasteiger partial charge is 0.342 e. The molecular formula is C21H35N5O2. The Labute approximate surface area is 168 Å². The predicted molar refractivity (Wildman–Crippen MR) is 111 cm³/mol. The molecule has 28 heavy (non-hydrogen) atoms. The average molecular weight is 390 g/mol. The topological polar surface area (TPSA) is 95.9 Å². The molecular weight excluding hydrogens is 354 g/mol. The summed E-state index contributed by atoms with van der Waals surface area (Å²) in [6.45, 7) is 6.68. The van der Waals surface area contributed by atoms with Gasteiger partial charge in [-0.2, -0.15) is 0 Å². The molecule has 0 saturated carbocycles.